The minimum Gasteiger partial charge on any atom is -0.409 e. The third kappa shape index (κ3) is 5.09. The summed E-state index contributed by atoms with van der Waals surface area (Å²) in [5.41, 5.74) is 8.73. The molecular formula is C27H44N6O3Si. The van der Waals surface area contributed by atoms with E-state index in [0.717, 1.165) is 43.3 Å². The molecule has 0 aromatic heterocycles. The fourth-order valence-electron chi connectivity index (χ4n) is 4.92. The fourth-order valence-corrected chi connectivity index (χ4v) is 5.85. The van der Waals surface area contributed by atoms with Crippen LogP contribution in [0.15, 0.2) is 40.7 Å². The average molecular weight is 529 g/mol. The van der Waals surface area contributed by atoms with Gasteiger partial charge >= 0.3 is 0 Å². The molecule has 1 aromatic rings. The molecule has 0 saturated carbocycles. The highest BCUT2D eigenvalue weighted by Crippen LogP contribution is 2.47. The smallest absolute Gasteiger partial charge is 0.242 e. The van der Waals surface area contributed by atoms with Crippen LogP contribution in [-0.4, -0.2) is 65.3 Å². The van der Waals surface area contributed by atoms with E-state index in [9.17, 15) is 4.79 Å². The van der Waals surface area contributed by atoms with Crippen molar-refractivity contribution < 1.29 is 14.0 Å². The summed E-state index contributed by atoms with van der Waals surface area (Å²) in [5, 5.41) is 6.85. The molecule has 3 heterocycles. The lowest BCUT2D eigenvalue weighted by Gasteiger charge is -2.39. The zero-order valence-corrected chi connectivity index (χ0v) is 24.7. The molecule has 0 bridgehead atoms. The highest BCUT2D eigenvalue weighted by Gasteiger charge is 2.56. The van der Waals surface area contributed by atoms with E-state index in [-0.39, 0.29) is 10.9 Å². The van der Waals surface area contributed by atoms with E-state index in [1.807, 2.05) is 32.9 Å². The maximum atomic E-state index is 13.9. The topological polar surface area (TPSA) is 104 Å². The summed E-state index contributed by atoms with van der Waals surface area (Å²) < 4.78 is 12.0. The first-order chi connectivity index (χ1) is 17.2. The summed E-state index contributed by atoms with van der Waals surface area (Å²) in [6.07, 6.45) is 0. The van der Waals surface area contributed by atoms with Gasteiger partial charge in [-0.25, -0.2) is 4.99 Å². The molecule has 1 fully saturated rings. The molecule has 3 aliphatic heterocycles. The van der Waals surface area contributed by atoms with Gasteiger partial charge in [0, 0.05) is 24.4 Å². The fraction of sp³-hybridized carbons (Fsp3) is 0.630. The van der Waals surface area contributed by atoms with Gasteiger partial charge in [0.2, 0.25) is 5.91 Å². The quantitative estimate of drug-likeness (QED) is 0.368. The number of ether oxygens (including phenoxy) is 1. The lowest BCUT2D eigenvalue weighted by molar-refractivity contribution is -0.123. The summed E-state index contributed by atoms with van der Waals surface area (Å²) in [5.74, 6) is 0.0239. The number of aliphatic imine (C=N–C) groups is 1. The Morgan fingerprint density at radius 1 is 1.16 bits per heavy atom. The second-order valence-electron chi connectivity index (χ2n) is 12.1. The molecule has 1 amide bonds. The molecule has 3 aliphatic rings. The van der Waals surface area contributed by atoms with Crippen LogP contribution in [0, 0.1) is 5.41 Å². The van der Waals surface area contributed by atoms with Crippen molar-refractivity contribution in [1.29, 1.82) is 0 Å². The van der Waals surface area contributed by atoms with Crippen molar-refractivity contribution in [2.75, 3.05) is 49.3 Å². The standard InChI is InChI=1S/C27H44N6O3Si/c1-9-29-27(28)22-23(30-21(31-27)18-36-37(7,8)25(2,3)4)33(24(34)26(22,5)6)20-12-10-19(11-13-20)32-14-16-35-17-15-32/h10-13,29H,9,14-18,28H2,1-8H3,(H,30,31). The van der Waals surface area contributed by atoms with Gasteiger partial charge in [0.05, 0.1) is 30.9 Å². The zero-order valence-electron chi connectivity index (χ0n) is 23.7. The molecule has 0 spiro atoms. The van der Waals surface area contributed by atoms with Crippen molar-refractivity contribution in [3.8, 4) is 0 Å². The van der Waals surface area contributed by atoms with Crippen molar-refractivity contribution >= 4 is 31.4 Å². The molecule has 4 N–H and O–H groups in total. The molecule has 9 nitrogen and oxygen atoms in total. The number of hydrogen-bond acceptors (Lipinski definition) is 8. The molecule has 1 saturated heterocycles. The van der Waals surface area contributed by atoms with Crippen molar-refractivity contribution in [2.45, 2.75) is 65.5 Å². The van der Waals surface area contributed by atoms with Crippen LogP contribution in [0.2, 0.25) is 18.1 Å². The number of morpholine rings is 1. The molecule has 37 heavy (non-hydrogen) atoms. The number of nitrogens with two attached hydrogens (primary N) is 1. The monoisotopic (exact) mass is 528 g/mol. The van der Waals surface area contributed by atoms with Crippen LogP contribution < -0.4 is 26.2 Å². The van der Waals surface area contributed by atoms with Gasteiger partial charge in [-0.3, -0.25) is 20.7 Å². The highest BCUT2D eigenvalue weighted by atomic mass is 28.4. The first-order valence-electron chi connectivity index (χ1n) is 13.3. The second-order valence-corrected chi connectivity index (χ2v) is 16.9. The van der Waals surface area contributed by atoms with Crippen LogP contribution in [0.1, 0.15) is 41.5 Å². The van der Waals surface area contributed by atoms with Gasteiger partial charge in [-0.1, -0.05) is 27.7 Å². The van der Waals surface area contributed by atoms with Crippen LogP contribution in [0.25, 0.3) is 0 Å². The number of likely N-dealkylation sites (N-methyl/N-ethyl adjacent to an activating group) is 1. The number of rotatable bonds is 7. The summed E-state index contributed by atoms with van der Waals surface area (Å²) in [4.78, 5) is 22.8. The molecule has 204 valence electrons. The molecule has 0 radical (unpaired) electrons. The Morgan fingerprint density at radius 3 is 2.32 bits per heavy atom. The van der Waals surface area contributed by atoms with E-state index in [4.69, 9.17) is 19.9 Å². The van der Waals surface area contributed by atoms with Crippen molar-refractivity contribution in [1.82, 2.24) is 10.6 Å². The SMILES string of the molecule is CCNC1(N)N=C(CO[Si](C)(C)C(C)(C)C)NC2=C1C(C)(C)C(=O)N2c1ccc(N2CCOCC2)cc1. The minimum atomic E-state index is -2.03. The van der Waals surface area contributed by atoms with E-state index in [0.29, 0.717) is 24.8 Å². The lowest BCUT2D eigenvalue weighted by Crippen LogP contribution is -2.60. The summed E-state index contributed by atoms with van der Waals surface area (Å²) in [6, 6.07) is 8.13. The van der Waals surface area contributed by atoms with Crippen LogP contribution in [0.4, 0.5) is 11.4 Å². The Kier molecular flexibility index (Phi) is 7.37. The van der Waals surface area contributed by atoms with Gasteiger partial charge in [0.1, 0.15) is 11.7 Å². The van der Waals surface area contributed by atoms with E-state index >= 15 is 0 Å². The zero-order chi connectivity index (χ0) is 27.2. The number of nitrogens with one attached hydrogen (secondary N) is 2. The lowest BCUT2D eigenvalue weighted by atomic mass is 9.81. The Hall–Kier alpha value is -2.24. The predicted octanol–water partition coefficient (Wildman–Crippen LogP) is 3.35. The number of carbonyl (C=O) groups is 1. The molecule has 4 rings (SSSR count). The number of anilines is 2. The van der Waals surface area contributed by atoms with E-state index in [1.165, 1.54) is 0 Å². The summed E-state index contributed by atoms with van der Waals surface area (Å²) >= 11 is 0. The largest absolute Gasteiger partial charge is 0.409 e. The molecular weight excluding hydrogens is 484 g/mol. The summed E-state index contributed by atoms with van der Waals surface area (Å²) in [7, 11) is -2.03. The van der Waals surface area contributed by atoms with Gasteiger partial charge in [-0.05, 0) is 62.8 Å². The minimum absolute atomic E-state index is 0.0429. The number of nitrogens with zero attached hydrogens (tertiary/aromatic N) is 3. The summed E-state index contributed by atoms with van der Waals surface area (Å²) in [6.45, 7) is 21.0. The maximum Gasteiger partial charge on any atom is 0.242 e. The van der Waals surface area contributed by atoms with Gasteiger partial charge < -0.3 is 19.4 Å². The van der Waals surface area contributed by atoms with Gasteiger partial charge in [-0.15, -0.1) is 0 Å². The van der Waals surface area contributed by atoms with Crippen LogP contribution in [0.5, 0.6) is 0 Å². The number of carbonyl (C=O) groups excluding carboxylic acids is 1. The van der Waals surface area contributed by atoms with Gasteiger partial charge in [0.15, 0.2) is 14.1 Å². The molecule has 1 unspecified atom stereocenters. The van der Waals surface area contributed by atoms with Crippen LogP contribution in [-0.2, 0) is 14.0 Å². The first-order valence-corrected chi connectivity index (χ1v) is 16.2. The Balaban J connectivity index is 1.68. The Labute approximate surface area is 222 Å². The Morgan fingerprint density at radius 2 is 1.76 bits per heavy atom. The Bertz CT molecular complexity index is 1090. The molecule has 0 aliphatic carbocycles. The van der Waals surface area contributed by atoms with Gasteiger partial charge in [0.25, 0.3) is 0 Å². The predicted molar refractivity (Wildman–Crippen MR) is 152 cm³/mol. The first kappa shape index (κ1) is 27.8. The van der Waals surface area contributed by atoms with E-state index in [1.54, 1.807) is 4.90 Å². The van der Waals surface area contributed by atoms with Crippen molar-refractivity contribution in [2.24, 2.45) is 16.1 Å². The average Bonchev–Trinajstić information content (AvgIpc) is 3.03. The third-order valence-electron chi connectivity index (χ3n) is 8.08. The molecule has 1 aromatic carbocycles. The number of hydrogen-bond donors (Lipinski definition) is 3. The molecule has 10 heteroatoms. The number of amides is 1. The van der Waals surface area contributed by atoms with Gasteiger partial charge in [-0.2, -0.15) is 0 Å². The van der Waals surface area contributed by atoms with Crippen LogP contribution >= 0.6 is 0 Å². The number of benzene rings is 1. The number of amidine groups is 1. The van der Waals surface area contributed by atoms with Crippen molar-refractivity contribution in [3.63, 3.8) is 0 Å². The third-order valence-corrected chi connectivity index (χ3v) is 12.6. The normalized spacial score (nSPS) is 24.2. The second kappa shape index (κ2) is 9.81. The highest BCUT2D eigenvalue weighted by molar-refractivity contribution is 6.74. The molecule has 1 atom stereocenters. The van der Waals surface area contributed by atoms with E-state index in [2.05, 4.69) is 61.5 Å². The van der Waals surface area contributed by atoms with Crippen molar-refractivity contribution in [3.05, 3.63) is 35.7 Å². The van der Waals surface area contributed by atoms with E-state index < -0.39 is 19.5 Å². The maximum absolute atomic E-state index is 13.9. The van der Waals surface area contributed by atoms with Crippen LogP contribution in [0.3, 0.4) is 0 Å².